The molecule has 0 N–H and O–H groups in total. The number of carbonyl (C=O) groups excluding carboxylic acids is 1. The lowest BCUT2D eigenvalue weighted by molar-refractivity contribution is -0.278. The van der Waals surface area contributed by atoms with E-state index >= 15 is 0 Å². The molecule has 140 valence electrons. The average Bonchev–Trinajstić information content (AvgIpc) is 2.50. The quantitative estimate of drug-likeness (QED) is 0.373. The molecule has 2 bridgehead atoms. The zero-order valence-electron chi connectivity index (χ0n) is 16.4. The van der Waals surface area contributed by atoms with Crippen LogP contribution in [-0.4, -0.2) is 23.3 Å². The topological polar surface area (TPSA) is 35.5 Å². The van der Waals surface area contributed by atoms with Gasteiger partial charge in [0.05, 0.1) is 5.60 Å². The van der Waals surface area contributed by atoms with E-state index in [0.717, 1.165) is 25.7 Å². The van der Waals surface area contributed by atoms with Crippen LogP contribution >= 0.6 is 0 Å². The lowest BCUT2D eigenvalue weighted by atomic mass is 9.67. The first-order chi connectivity index (χ1) is 11.4. The maximum Gasteiger partial charge on any atom is 0.306 e. The number of hydrogen-bond donors (Lipinski definition) is 0. The third-order valence-corrected chi connectivity index (χ3v) is 6.16. The fourth-order valence-electron chi connectivity index (χ4n) is 4.47. The van der Waals surface area contributed by atoms with Crippen LogP contribution in [0.1, 0.15) is 105 Å². The average molecular weight is 339 g/mol. The molecule has 2 aliphatic heterocycles. The third kappa shape index (κ3) is 5.21. The maximum absolute atomic E-state index is 12.2. The molecule has 1 saturated carbocycles. The summed E-state index contributed by atoms with van der Waals surface area (Å²) >= 11 is 0. The highest BCUT2D eigenvalue weighted by Gasteiger charge is 2.55. The molecule has 3 fully saturated rings. The first-order valence-electron chi connectivity index (χ1n) is 10.3. The van der Waals surface area contributed by atoms with Crippen LogP contribution in [0.2, 0.25) is 0 Å². The Morgan fingerprint density at radius 1 is 1.04 bits per heavy atom. The van der Waals surface area contributed by atoms with Crippen LogP contribution in [0.25, 0.3) is 0 Å². The van der Waals surface area contributed by atoms with Crippen LogP contribution in [0.15, 0.2) is 0 Å². The van der Waals surface area contributed by atoms with Crippen molar-refractivity contribution in [2.45, 2.75) is 122 Å². The largest absolute Gasteiger partial charge is 0.459 e. The Hall–Kier alpha value is -0.570. The van der Waals surface area contributed by atoms with E-state index in [-0.39, 0.29) is 23.3 Å². The summed E-state index contributed by atoms with van der Waals surface area (Å²) in [5.41, 5.74) is -0.360. The van der Waals surface area contributed by atoms with Gasteiger partial charge in [-0.05, 0) is 52.4 Å². The van der Waals surface area contributed by atoms with Crippen molar-refractivity contribution in [3.63, 3.8) is 0 Å². The van der Waals surface area contributed by atoms with Crippen LogP contribution in [0.3, 0.4) is 0 Å². The number of ether oxygens (including phenoxy) is 2. The minimum atomic E-state index is -0.285. The molecule has 1 aliphatic carbocycles. The molecule has 0 aromatic heterocycles. The van der Waals surface area contributed by atoms with Gasteiger partial charge < -0.3 is 9.47 Å². The number of carbonyl (C=O) groups is 1. The lowest BCUT2D eigenvalue weighted by Gasteiger charge is -2.57. The predicted molar refractivity (Wildman–Crippen MR) is 98.0 cm³/mol. The molecule has 1 unspecified atom stereocenters. The van der Waals surface area contributed by atoms with Crippen molar-refractivity contribution in [1.29, 1.82) is 0 Å². The normalized spacial score (nSPS) is 31.2. The Labute approximate surface area is 148 Å². The smallest absolute Gasteiger partial charge is 0.306 e. The van der Waals surface area contributed by atoms with Gasteiger partial charge in [-0.2, -0.15) is 0 Å². The van der Waals surface area contributed by atoms with E-state index in [9.17, 15) is 4.79 Å². The van der Waals surface area contributed by atoms with E-state index < -0.39 is 0 Å². The molecular weight excluding hydrogens is 300 g/mol. The van der Waals surface area contributed by atoms with Crippen molar-refractivity contribution in [2.75, 3.05) is 0 Å². The molecule has 3 nitrogen and oxygen atoms in total. The first kappa shape index (κ1) is 19.8. The van der Waals surface area contributed by atoms with E-state index in [0.29, 0.717) is 12.3 Å². The molecule has 3 atom stereocenters. The Bertz CT molecular complexity index is 404. The van der Waals surface area contributed by atoms with Crippen molar-refractivity contribution >= 4 is 5.97 Å². The molecule has 24 heavy (non-hydrogen) atoms. The summed E-state index contributed by atoms with van der Waals surface area (Å²) in [6.45, 7) is 8.72. The minimum Gasteiger partial charge on any atom is -0.459 e. The van der Waals surface area contributed by atoms with Crippen molar-refractivity contribution in [3.05, 3.63) is 0 Å². The number of fused-ring (bicyclic) bond motifs is 3. The monoisotopic (exact) mass is 338 g/mol. The minimum absolute atomic E-state index is 0.0267. The van der Waals surface area contributed by atoms with Crippen LogP contribution in [0, 0.1) is 5.92 Å². The molecule has 0 aromatic carbocycles. The summed E-state index contributed by atoms with van der Waals surface area (Å²) in [5.74, 6) is 0.487. The van der Waals surface area contributed by atoms with Gasteiger partial charge in [-0.3, -0.25) is 4.79 Å². The maximum atomic E-state index is 12.2. The van der Waals surface area contributed by atoms with Crippen molar-refractivity contribution in [3.8, 4) is 0 Å². The van der Waals surface area contributed by atoms with Gasteiger partial charge in [-0.1, -0.05) is 51.9 Å². The van der Waals surface area contributed by atoms with Gasteiger partial charge in [-0.15, -0.1) is 0 Å². The highest BCUT2D eigenvalue weighted by atomic mass is 16.6. The second-order valence-corrected chi connectivity index (χ2v) is 8.69. The van der Waals surface area contributed by atoms with Crippen molar-refractivity contribution in [1.82, 2.24) is 0 Å². The van der Waals surface area contributed by atoms with Gasteiger partial charge in [0.1, 0.15) is 11.7 Å². The molecule has 2 saturated heterocycles. The highest BCUT2D eigenvalue weighted by Crippen LogP contribution is 2.50. The van der Waals surface area contributed by atoms with E-state index in [1.54, 1.807) is 0 Å². The third-order valence-electron chi connectivity index (χ3n) is 6.16. The summed E-state index contributed by atoms with van der Waals surface area (Å²) < 4.78 is 12.1. The summed E-state index contributed by atoms with van der Waals surface area (Å²) in [6, 6.07) is 0. The number of rotatable bonds is 10. The molecular formula is C21H38O3. The molecule has 2 heterocycles. The summed E-state index contributed by atoms with van der Waals surface area (Å²) in [7, 11) is 0. The van der Waals surface area contributed by atoms with Gasteiger partial charge in [0, 0.05) is 6.42 Å². The Kier molecular flexibility index (Phi) is 7.15. The first-order valence-corrected chi connectivity index (χ1v) is 10.3. The Balaban J connectivity index is 1.61. The summed E-state index contributed by atoms with van der Waals surface area (Å²) in [4.78, 5) is 12.2. The molecule has 3 aliphatic rings. The van der Waals surface area contributed by atoms with Crippen molar-refractivity contribution in [2.24, 2.45) is 5.92 Å². The van der Waals surface area contributed by atoms with E-state index in [1.165, 1.54) is 44.9 Å². The van der Waals surface area contributed by atoms with Gasteiger partial charge in [0.2, 0.25) is 0 Å². The van der Waals surface area contributed by atoms with E-state index in [4.69, 9.17) is 9.47 Å². The summed E-state index contributed by atoms with van der Waals surface area (Å²) in [5, 5.41) is 0. The summed E-state index contributed by atoms with van der Waals surface area (Å²) in [6.07, 6.45) is 13.7. The molecule has 3 rings (SSSR count). The van der Waals surface area contributed by atoms with Crippen LogP contribution in [0.4, 0.5) is 0 Å². The zero-order valence-corrected chi connectivity index (χ0v) is 16.4. The molecule has 0 spiro atoms. The molecule has 0 radical (unpaired) electrons. The molecule has 0 aromatic rings. The van der Waals surface area contributed by atoms with Gasteiger partial charge in [-0.25, -0.2) is 0 Å². The van der Waals surface area contributed by atoms with Crippen molar-refractivity contribution < 1.29 is 14.3 Å². The molecule has 0 amide bonds. The van der Waals surface area contributed by atoms with E-state index in [1.807, 2.05) is 0 Å². The fourth-order valence-corrected chi connectivity index (χ4v) is 4.47. The predicted octanol–water partition coefficient (Wildman–Crippen LogP) is 5.80. The molecule has 3 heteroatoms. The highest BCUT2D eigenvalue weighted by molar-refractivity contribution is 5.69. The van der Waals surface area contributed by atoms with Crippen LogP contribution in [-0.2, 0) is 14.3 Å². The number of unbranched alkanes of at least 4 members (excludes halogenated alkanes) is 7. The SMILES string of the molecule is CCCCCCCCCCC(=O)O[C@@H]1CC2CC[C@@]1(C)OC2(C)C. The fraction of sp³-hybridized carbons (Fsp3) is 0.952. The lowest BCUT2D eigenvalue weighted by Crippen LogP contribution is -2.62. The second-order valence-electron chi connectivity index (χ2n) is 8.69. The Morgan fingerprint density at radius 2 is 1.67 bits per heavy atom. The number of hydrogen-bond acceptors (Lipinski definition) is 3. The van der Waals surface area contributed by atoms with Crippen LogP contribution in [0.5, 0.6) is 0 Å². The van der Waals surface area contributed by atoms with Gasteiger partial charge >= 0.3 is 5.97 Å². The number of esters is 1. The van der Waals surface area contributed by atoms with Gasteiger partial charge in [0.15, 0.2) is 0 Å². The zero-order chi connectivity index (χ0) is 17.6. The standard InChI is InChI=1S/C21H38O3/c1-5-6-7-8-9-10-11-12-13-19(22)23-18-16-17-14-15-21(18,4)24-20(17,2)3/h17-18H,5-16H2,1-4H3/t17?,18-,21-/m1/s1. The van der Waals surface area contributed by atoms with E-state index in [2.05, 4.69) is 27.7 Å². The van der Waals surface area contributed by atoms with Gasteiger partial charge in [0.25, 0.3) is 0 Å². The second kappa shape index (κ2) is 8.69. The van der Waals surface area contributed by atoms with Crippen LogP contribution < -0.4 is 0 Å². The Morgan fingerprint density at radius 3 is 2.25 bits per heavy atom.